The lowest BCUT2D eigenvalue weighted by Crippen LogP contribution is -2.23. The first-order valence-corrected chi connectivity index (χ1v) is 11.7. The van der Waals surface area contributed by atoms with Gasteiger partial charge in [-0.05, 0) is 29.7 Å². The molecule has 1 aromatic carbocycles. The molecule has 1 fully saturated rings. The molecule has 0 bridgehead atoms. The Morgan fingerprint density at radius 1 is 1.11 bits per heavy atom. The van der Waals surface area contributed by atoms with E-state index in [1.165, 1.54) is 56.9 Å². The molecule has 28 heavy (non-hydrogen) atoms. The molecule has 1 aromatic rings. The van der Waals surface area contributed by atoms with E-state index in [1.807, 2.05) is 24.3 Å². The summed E-state index contributed by atoms with van der Waals surface area (Å²) in [6, 6.07) is 10.3. The van der Waals surface area contributed by atoms with Gasteiger partial charge in [-0.2, -0.15) is 0 Å². The van der Waals surface area contributed by atoms with Crippen LogP contribution in [0.3, 0.4) is 0 Å². The fraction of sp³-hybridized carbons (Fsp3) is 0.542. The van der Waals surface area contributed by atoms with Crippen molar-refractivity contribution in [2.45, 2.75) is 64.7 Å². The number of ether oxygens (including phenoxy) is 1. The van der Waals surface area contributed by atoms with Crippen molar-refractivity contribution in [1.29, 1.82) is 0 Å². The van der Waals surface area contributed by atoms with Crippen LogP contribution in [0.1, 0.15) is 70.3 Å². The van der Waals surface area contributed by atoms with E-state index in [-0.39, 0.29) is 6.09 Å². The summed E-state index contributed by atoms with van der Waals surface area (Å²) in [5.41, 5.74) is 2.32. The predicted molar refractivity (Wildman–Crippen MR) is 121 cm³/mol. The highest BCUT2D eigenvalue weighted by Gasteiger charge is 2.28. The zero-order chi connectivity index (χ0) is 20.0. The number of thioether (sulfide) groups is 1. The van der Waals surface area contributed by atoms with E-state index >= 15 is 0 Å². The van der Waals surface area contributed by atoms with E-state index in [0.717, 1.165) is 22.8 Å². The summed E-state index contributed by atoms with van der Waals surface area (Å²) in [7, 11) is 0. The second kappa shape index (κ2) is 13.5. The van der Waals surface area contributed by atoms with Gasteiger partial charge in [0.25, 0.3) is 0 Å². The highest BCUT2D eigenvalue weighted by Crippen LogP contribution is 2.34. The van der Waals surface area contributed by atoms with Crippen LogP contribution >= 0.6 is 11.8 Å². The van der Waals surface area contributed by atoms with Gasteiger partial charge >= 0.3 is 6.09 Å². The maximum absolute atomic E-state index is 12.2. The van der Waals surface area contributed by atoms with Gasteiger partial charge in [-0.25, -0.2) is 4.79 Å². The van der Waals surface area contributed by atoms with Crippen LogP contribution in [0.4, 0.5) is 4.79 Å². The van der Waals surface area contributed by atoms with E-state index in [4.69, 9.17) is 4.74 Å². The Morgan fingerprint density at radius 2 is 1.79 bits per heavy atom. The Balaban J connectivity index is 1.97. The highest BCUT2D eigenvalue weighted by molar-refractivity contribution is 8.03. The van der Waals surface area contributed by atoms with Crippen LogP contribution in [-0.4, -0.2) is 29.9 Å². The lowest BCUT2D eigenvalue weighted by molar-refractivity contribution is 0.165. The molecule has 1 saturated heterocycles. The summed E-state index contributed by atoms with van der Waals surface area (Å²) in [5, 5.41) is 1.04. The number of benzene rings is 1. The number of hydrogen-bond donors (Lipinski definition) is 0. The van der Waals surface area contributed by atoms with Gasteiger partial charge in [0, 0.05) is 0 Å². The number of carbonyl (C=O) groups excluding carboxylic acids is 1. The molecule has 0 radical (unpaired) electrons. The summed E-state index contributed by atoms with van der Waals surface area (Å²) < 4.78 is 5.22. The molecule has 1 amide bonds. The molecule has 154 valence electrons. The number of unbranched alkanes of at least 4 members (excludes halogenated alkanes) is 7. The molecule has 0 atom stereocenters. The van der Waals surface area contributed by atoms with E-state index in [1.54, 1.807) is 16.7 Å². The van der Waals surface area contributed by atoms with Gasteiger partial charge < -0.3 is 4.74 Å². The Labute approximate surface area is 175 Å². The third kappa shape index (κ3) is 7.38. The fourth-order valence-corrected chi connectivity index (χ4v) is 4.66. The molecule has 0 N–H and O–H groups in total. The maximum Gasteiger partial charge on any atom is 0.414 e. The first-order valence-electron chi connectivity index (χ1n) is 10.7. The van der Waals surface area contributed by atoms with Gasteiger partial charge in [0.1, 0.15) is 6.61 Å². The van der Waals surface area contributed by atoms with Crippen LogP contribution in [0, 0.1) is 0 Å². The van der Waals surface area contributed by atoms with Gasteiger partial charge in [-0.15, -0.1) is 18.3 Å². The molecule has 0 saturated carbocycles. The number of amides is 1. The quantitative estimate of drug-likeness (QED) is 0.243. The van der Waals surface area contributed by atoms with Crippen LogP contribution in [0.15, 0.2) is 48.0 Å². The number of rotatable bonds is 14. The lowest BCUT2D eigenvalue weighted by atomic mass is 10.0. The van der Waals surface area contributed by atoms with Gasteiger partial charge in [0.2, 0.25) is 0 Å². The molecule has 0 aliphatic carbocycles. The minimum Gasteiger partial charge on any atom is -0.447 e. The van der Waals surface area contributed by atoms with Crippen molar-refractivity contribution >= 4 is 23.4 Å². The van der Waals surface area contributed by atoms with Gasteiger partial charge in [0.05, 0.1) is 11.6 Å². The standard InChI is InChI=1S/C24H35NO2S/c1-3-5-6-7-8-9-10-14-20-28-23(25-18-19-27-24(25)26)22(15-4-2)21-16-12-11-13-17-21/h4,11-13,16-17H,2-3,5-10,14-15,18-20H2,1H3/b23-22+. The first kappa shape index (κ1) is 22.6. The summed E-state index contributed by atoms with van der Waals surface area (Å²) in [6.45, 7) is 7.29. The van der Waals surface area contributed by atoms with Crippen LogP contribution in [0.2, 0.25) is 0 Å². The van der Waals surface area contributed by atoms with Crippen molar-refractivity contribution in [3.8, 4) is 0 Å². The van der Waals surface area contributed by atoms with Crippen molar-refractivity contribution in [3.05, 3.63) is 53.6 Å². The second-order valence-corrected chi connectivity index (χ2v) is 8.32. The molecule has 0 spiro atoms. The van der Waals surface area contributed by atoms with E-state index in [2.05, 4.69) is 25.6 Å². The van der Waals surface area contributed by atoms with E-state index in [0.29, 0.717) is 13.2 Å². The largest absolute Gasteiger partial charge is 0.447 e. The Morgan fingerprint density at radius 3 is 2.39 bits per heavy atom. The topological polar surface area (TPSA) is 29.5 Å². The second-order valence-electron chi connectivity index (χ2n) is 7.23. The number of nitrogens with zero attached hydrogens (tertiary/aromatic N) is 1. The molecule has 1 heterocycles. The van der Waals surface area contributed by atoms with Crippen LogP contribution < -0.4 is 0 Å². The Hall–Kier alpha value is -1.68. The van der Waals surface area contributed by atoms with Crippen LogP contribution in [0.5, 0.6) is 0 Å². The van der Waals surface area contributed by atoms with Crippen molar-refractivity contribution in [2.24, 2.45) is 0 Å². The molecule has 4 heteroatoms. The fourth-order valence-electron chi connectivity index (χ4n) is 3.42. The first-order chi connectivity index (χ1) is 13.8. The number of allylic oxidation sites excluding steroid dienone is 2. The van der Waals surface area contributed by atoms with Crippen molar-refractivity contribution in [1.82, 2.24) is 4.90 Å². The molecular weight excluding hydrogens is 366 g/mol. The summed E-state index contributed by atoms with van der Waals surface area (Å²) in [4.78, 5) is 14.1. The van der Waals surface area contributed by atoms with E-state index < -0.39 is 0 Å². The highest BCUT2D eigenvalue weighted by atomic mass is 32.2. The molecule has 1 aliphatic heterocycles. The molecule has 0 unspecified atom stereocenters. The van der Waals surface area contributed by atoms with Gasteiger partial charge in [-0.1, -0.05) is 88.3 Å². The number of carbonyl (C=O) groups is 1. The third-order valence-corrected chi connectivity index (χ3v) is 6.20. The van der Waals surface area contributed by atoms with Gasteiger partial charge in [0.15, 0.2) is 0 Å². The zero-order valence-electron chi connectivity index (χ0n) is 17.3. The lowest BCUT2D eigenvalue weighted by Gasteiger charge is -2.21. The average Bonchev–Trinajstić information content (AvgIpc) is 3.14. The van der Waals surface area contributed by atoms with Crippen molar-refractivity contribution < 1.29 is 9.53 Å². The number of cyclic esters (lactones) is 1. The normalized spacial score (nSPS) is 14.8. The van der Waals surface area contributed by atoms with Crippen LogP contribution in [-0.2, 0) is 4.74 Å². The van der Waals surface area contributed by atoms with Gasteiger partial charge in [-0.3, -0.25) is 4.90 Å². The molecule has 0 aromatic heterocycles. The maximum atomic E-state index is 12.2. The minimum absolute atomic E-state index is 0.226. The van der Waals surface area contributed by atoms with E-state index in [9.17, 15) is 4.79 Å². The monoisotopic (exact) mass is 401 g/mol. The van der Waals surface area contributed by atoms with Crippen molar-refractivity contribution in [2.75, 3.05) is 18.9 Å². The smallest absolute Gasteiger partial charge is 0.414 e. The molecule has 2 rings (SSSR count). The van der Waals surface area contributed by atoms with Crippen LogP contribution in [0.25, 0.3) is 5.57 Å². The Kier molecular flexibility index (Phi) is 10.9. The SMILES string of the molecule is C=CC/C(=C(\SCCCCCCCCCC)N1CCOC1=O)c1ccccc1. The molecular formula is C24H35NO2S. The molecule has 1 aliphatic rings. The zero-order valence-corrected chi connectivity index (χ0v) is 18.1. The number of hydrogen-bond acceptors (Lipinski definition) is 3. The van der Waals surface area contributed by atoms with Crippen molar-refractivity contribution in [3.63, 3.8) is 0 Å². The average molecular weight is 402 g/mol. The Bertz CT molecular complexity index is 627. The predicted octanol–water partition coefficient (Wildman–Crippen LogP) is 7.26. The summed E-state index contributed by atoms with van der Waals surface area (Å²) in [5.74, 6) is 1.03. The third-order valence-electron chi connectivity index (χ3n) is 4.97. The molecule has 3 nitrogen and oxygen atoms in total. The summed E-state index contributed by atoms with van der Waals surface area (Å²) >= 11 is 1.79. The minimum atomic E-state index is -0.226. The summed E-state index contributed by atoms with van der Waals surface area (Å²) in [6.07, 6.45) is 12.9.